The standard InChI is InChI=1S/C17H28N4O6/c1-10(22)12(13(18)24)19-11(23)8-20-9-17(14(20)25)6-5-7-21(17)15(26)27-16(2,3)4/h10,12,22H,5-9H2,1-4H3,(H2,18,24)(H,19,23). The van der Waals surface area contributed by atoms with Crippen molar-refractivity contribution >= 4 is 23.8 Å². The first-order chi connectivity index (χ1) is 12.4. The molecule has 0 saturated carbocycles. The molecule has 2 aliphatic rings. The lowest BCUT2D eigenvalue weighted by Gasteiger charge is -2.50. The number of amides is 4. The number of rotatable bonds is 5. The Hall–Kier alpha value is -2.36. The largest absolute Gasteiger partial charge is 0.444 e. The van der Waals surface area contributed by atoms with Crippen molar-refractivity contribution in [3.8, 4) is 0 Å². The van der Waals surface area contributed by atoms with E-state index in [2.05, 4.69) is 5.32 Å². The van der Waals surface area contributed by atoms with E-state index in [1.165, 1.54) is 16.7 Å². The van der Waals surface area contributed by atoms with Crippen molar-refractivity contribution in [3.63, 3.8) is 0 Å². The predicted octanol–water partition coefficient (Wildman–Crippen LogP) is -1.05. The number of nitrogens with one attached hydrogen (secondary N) is 1. The number of aliphatic hydroxyl groups excluding tert-OH is 1. The molecule has 2 aliphatic heterocycles. The normalized spacial score (nSPS) is 24.4. The van der Waals surface area contributed by atoms with Crippen molar-refractivity contribution in [3.05, 3.63) is 0 Å². The van der Waals surface area contributed by atoms with E-state index in [4.69, 9.17) is 10.5 Å². The second-order valence-electron chi connectivity index (χ2n) is 8.12. The number of carbonyl (C=O) groups excluding carboxylic acids is 4. The molecule has 0 aromatic heterocycles. The van der Waals surface area contributed by atoms with Crippen LogP contribution in [-0.2, 0) is 19.1 Å². The minimum Gasteiger partial charge on any atom is -0.444 e. The summed E-state index contributed by atoms with van der Waals surface area (Å²) >= 11 is 0. The van der Waals surface area contributed by atoms with Crippen molar-refractivity contribution in [2.45, 2.75) is 63.8 Å². The molecule has 3 atom stereocenters. The molecule has 2 rings (SSSR count). The zero-order chi connectivity index (χ0) is 20.6. The number of carbonyl (C=O) groups is 4. The lowest BCUT2D eigenvalue weighted by atomic mass is 9.85. The lowest BCUT2D eigenvalue weighted by molar-refractivity contribution is -0.162. The third kappa shape index (κ3) is 4.32. The minimum atomic E-state index is -1.23. The summed E-state index contributed by atoms with van der Waals surface area (Å²) in [7, 11) is 0. The molecule has 2 fully saturated rings. The number of ether oxygens (including phenoxy) is 1. The number of nitrogens with two attached hydrogens (primary N) is 1. The van der Waals surface area contributed by atoms with E-state index >= 15 is 0 Å². The van der Waals surface area contributed by atoms with Crippen molar-refractivity contribution in [1.29, 1.82) is 0 Å². The Balaban J connectivity index is 1.97. The van der Waals surface area contributed by atoms with Crippen LogP contribution in [0.25, 0.3) is 0 Å². The Bertz CT molecular complexity index is 644. The molecule has 4 N–H and O–H groups in total. The summed E-state index contributed by atoms with van der Waals surface area (Å²) in [4.78, 5) is 51.2. The summed E-state index contributed by atoms with van der Waals surface area (Å²) in [5, 5.41) is 11.8. The van der Waals surface area contributed by atoms with Gasteiger partial charge in [0.25, 0.3) is 5.91 Å². The van der Waals surface area contributed by atoms with Crippen LogP contribution in [-0.4, -0.2) is 81.6 Å². The summed E-state index contributed by atoms with van der Waals surface area (Å²) in [5.74, 6) is -1.80. The van der Waals surface area contributed by atoms with Gasteiger partial charge in [-0.2, -0.15) is 0 Å². The molecular weight excluding hydrogens is 356 g/mol. The molecule has 0 aliphatic carbocycles. The molecule has 10 nitrogen and oxygen atoms in total. The summed E-state index contributed by atoms with van der Waals surface area (Å²) in [6, 6.07) is -1.23. The number of likely N-dealkylation sites (tertiary alicyclic amines) is 2. The Kier molecular flexibility index (Phi) is 5.69. The molecule has 4 amide bonds. The highest BCUT2D eigenvalue weighted by molar-refractivity contribution is 5.99. The van der Waals surface area contributed by atoms with E-state index in [0.717, 1.165) is 0 Å². The van der Waals surface area contributed by atoms with Gasteiger partial charge >= 0.3 is 6.09 Å². The lowest BCUT2D eigenvalue weighted by Crippen LogP contribution is -2.74. The Labute approximate surface area is 158 Å². The number of aliphatic hydroxyl groups is 1. The molecule has 10 heteroatoms. The number of nitrogens with zero attached hydrogens (tertiary/aromatic N) is 2. The van der Waals surface area contributed by atoms with Gasteiger partial charge in [0.1, 0.15) is 17.2 Å². The smallest absolute Gasteiger partial charge is 0.411 e. The van der Waals surface area contributed by atoms with Gasteiger partial charge in [-0.1, -0.05) is 0 Å². The first-order valence-corrected chi connectivity index (χ1v) is 8.94. The molecule has 1 spiro atoms. The fraction of sp³-hybridized carbons (Fsp3) is 0.765. The van der Waals surface area contributed by atoms with Gasteiger partial charge in [-0.3, -0.25) is 19.3 Å². The van der Waals surface area contributed by atoms with E-state index in [1.54, 1.807) is 20.8 Å². The summed E-state index contributed by atoms with van der Waals surface area (Å²) in [6.07, 6.45) is -0.500. The van der Waals surface area contributed by atoms with Gasteiger partial charge in [-0.25, -0.2) is 4.79 Å². The summed E-state index contributed by atoms with van der Waals surface area (Å²) in [6.45, 7) is 6.95. The number of β-lactam (4-membered cyclic amide) rings is 1. The zero-order valence-corrected chi connectivity index (χ0v) is 16.2. The van der Waals surface area contributed by atoms with Crippen LogP contribution in [0.15, 0.2) is 0 Å². The van der Waals surface area contributed by atoms with Crippen molar-refractivity contribution in [2.24, 2.45) is 5.73 Å². The van der Waals surface area contributed by atoms with Crippen LogP contribution < -0.4 is 11.1 Å². The van der Waals surface area contributed by atoms with Crippen LogP contribution >= 0.6 is 0 Å². The zero-order valence-electron chi connectivity index (χ0n) is 16.2. The molecule has 27 heavy (non-hydrogen) atoms. The maximum Gasteiger partial charge on any atom is 0.411 e. The monoisotopic (exact) mass is 384 g/mol. The second-order valence-corrected chi connectivity index (χ2v) is 8.12. The molecule has 0 radical (unpaired) electrons. The van der Waals surface area contributed by atoms with Crippen LogP contribution in [0.3, 0.4) is 0 Å². The van der Waals surface area contributed by atoms with Gasteiger partial charge in [-0.15, -0.1) is 0 Å². The van der Waals surface area contributed by atoms with Gasteiger partial charge in [0.05, 0.1) is 19.2 Å². The maximum atomic E-state index is 12.7. The van der Waals surface area contributed by atoms with Crippen LogP contribution in [0.4, 0.5) is 4.79 Å². The summed E-state index contributed by atoms with van der Waals surface area (Å²) in [5.41, 5.74) is 3.50. The number of primary amides is 1. The first-order valence-electron chi connectivity index (χ1n) is 8.94. The average molecular weight is 384 g/mol. The number of hydrogen-bond acceptors (Lipinski definition) is 6. The maximum absolute atomic E-state index is 12.7. The van der Waals surface area contributed by atoms with Gasteiger partial charge in [-0.05, 0) is 40.5 Å². The van der Waals surface area contributed by atoms with Crippen LogP contribution in [0.1, 0.15) is 40.5 Å². The molecule has 3 unspecified atom stereocenters. The third-order valence-corrected chi connectivity index (χ3v) is 4.68. The quantitative estimate of drug-likeness (QED) is 0.516. The molecule has 0 aromatic rings. The van der Waals surface area contributed by atoms with Gasteiger partial charge in [0.15, 0.2) is 0 Å². The second kappa shape index (κ2) is 7.34. The van der Waals surface area contributed by atoms with E-state index in [1.807, 2.05) is 0 Å². The van der Waals surface area contributed by atoms with Gasteiger partial charge < -0.3 is 25.8 Å². The highest BCUT2D eigenvalue weighted by Gasteiger charge is 2.60. The SMILES string of the molecule is CC(O)C(NC(=O)CN1CC2(CCCN2C(=O)OC(C)(C)C)C1=O)C(N)=O. The number of hydrogen-bond donors (Lipinski definition) is 3. The molecule has 2 heterocycles. The Morgan fingerprint density at radius 2 is 2.00 bits per heavy atom. The van der Waals surface area contributed by atoms with Gasteiger partial charge in [0, 0.05) is 6.54 Å². The van der Waals surface area contributed by atoms with Crippen LogP contribution in [0.5, 0.6) is 0 Å². The van der Waals surface area contributed by atoms with Crippen LogP contribution in [0, 0.1) is 0 Å². The van der Waals surface area contributed by atoms with E-state index in [-0.39, 0.29) is 19.0 Å². The molecule has 0 bridgehead atoms. The molecule has 0 aromatic carbocycles. The Morgan fingerprint density at radius 1 is 1.37 bits per heavy atom. The fourth-order valence-corrected chi connectivity index (χ4v) is 3.46. The topological polar surface area (TPSA) is 142 Å². The fourth-order valence-electron chi connectivity index (χ4n) is 3.46. The highest BCUT2D eigenvalue weighted by atomic mass is 16.6. The van der Waals surface area contributed by atoms with Crippen molar-refractivity contribution in [1.82, 2.24) is 15.1 Å². The van der Waals surface area contributed by atoms with Gasteiger partial charge in [0.2, 0.25) is 11.8 Å². The molecular formula is C17H28N4O6. The van der Waals surface area contributed by atoms with Crippen LogP contribution in [0.2, 0.25) is 0 Å². The van der Waals surface area contributed by atoms with Crippen molar-refractivity contribution in [2.75, 3.05) is 19.6 Å². The Morgan fingerprint density at radius 3 is 2.48 bits per heavy atom. The third-order valence-electron chi connectivity index (χ3n) is 4.68. The molecule has 152 valence electrons. The summed E-state index contributed by atoms with van der Waals surface area (Å²) < 4.78 is 5.38. The highest BCUT2D eigenvalue weighted by Crippen LogP contribution is 2.39. The average Bonchev–Trinajstić information content (AvgIpc) is 2.96. The van der Waals surface area contributed by atoms with E-state index in [0.29, 0.717) is 19.4 Å². The predicted molar refractivity (Wildman–Crippen MR) is 94.3 cm³/mol. The first kappa shape index (κ1) is 20.9. The van der Waals surface area contributed by atoms with E-state index < -0.39 is 41.2 Å². The molecule has 2 saturated heterocycles. The minimum absolute atomic E-state index is 0.217. The van der Waals surface area contributed by atoms with E-state index in [9.17, 15) is 24.3 Å². The van der Waals surface area contributed by atoms with Crippen molar-refractivity contribution < 1.29 is 29.0 Å².